The number of rotatable bonds is 5. The summed E-state index contributed by atoms with van der Waals surface area (Å²) in [6, 6.07) is 11.8. The Morgan fingerprint density at radius 1 is 1.12 bits per heavy atom. The van der Waals surface area contributed by atoms with Gasteiger partial charge in [-0.3, -0.25) is 25.6 Å². The van der Waals surface area contributed by atoms with Crippen molar-refractivity contribution in [2.75, 3.05) is 0 Å². The van der Waals surface area contributed by atoms with Gasteiger partial charge in [-0.15, -0.1) is 11.3 Å². The quantitative estimate of drug-likeness (QED) is 0.265. The maximum absolute atomic E-state index is 12.8. The van der Waals surface area contributed by atoms with Gasteiger partial charge in [0.1, 0.15) is 5.60 Å². The molecular weight excluding hydrogens is 466 g/mol. The Kier molecular flexibility index (Phi) is 7.35. The lowest BCUT2D eigenvalue weighted by Gasteiger charge is -2.19. The van der Waals surface area contributed by atoms with Crippen molar-refractivity contribution in [3.8, 4) is 10.4 Å². The van der Waals surface area contributed by atoms with E-state index >= 15 is 0 Å². The molecule has 0 spiro atoms. The molecule has 10 heteroatoms. The summed E-state index contributed by atoms with van der Waals surface area (Å²) in [6.07, 6.45) is 0.438. The highest BCUT2D eigenvalue weighted by molar-refractivity contribution is 7.17. The van der Waals surface area contributed by atoms with E-state index in [0.29, 0.717) is 20.3 Å². The van der Waals surface area contributed by atoms with Crippen LogP contribution in [0.2, 0.25) is 5.02 Å². The number of benzene rings is 1. The fourth-order valence-corrected chi connectivity index (χ4v) is 4.10. The molecule has 0 bridgehead atoms. The van der Waals surface area contributed by atoms with Crippen LogP contribution in [0.5, 0.6) is 0 Å². The summed E-state index contributed by atoms with van der Waals surface area (Å²) in [4.78, 5) is 38.2. The first kappa shape index (κ1) is 24.2. The van der Waals surface area contributed by atoms with E-state index in [4.69, 9.17) is 26.2 Å². The van der Waals surface area contributed by atoms with E-state index in [1.807, 2.05) is 0 Å². The zero-order valence-corrected chi connectivity index (χ0v) is 19.7. The standard InChI is InChI=1S/C23H22ClN3O5S/c1-23(2,3)32-22(30)27-21(25)26-18(28)12-14-11-17(19(29)16-5-4-10-31-16)33-20(14)13-6-8-15(24)9-7-13/h4-11H,12H2,1-3H3,(H3,25,26,27,28,30). The summed E-state index contributed by atoms with van der Waals surface area (Å²) >= 11 is 7.22. The molecule has 2 aromatic heterocycles. The number of ketones is 1. The summed E-state index contributed by atoms with van der Waals surface area (Å²) in [5, 5.41) is 12.8. The van der Waals surface area contributed by atoms with Crippen LogP contribution in [0.1, 0.15) is 41.8 Å². The third-order valence-electron chi connectivity index (χ3n) is 4.13. The highest BCUT2D eigenvalue weighted by atomic mass is 35.5. The van der Waals surface area contributed by atoms with Gasteiger partial charge in [0.2, 0.25) is 17.6 Å². The molecule has 3 aromatic rings. The van der Waals surface area contributed by atoms with Crippen molar-refractivity contribution < 1.29 is 23.5 Å². The number of thiophene rings is 1. The fourth-order valence-electron chi connectivity index (χ4n) is 2.84. The van der Waals surface area contributed by atoms with E-state index in [1.165, 1.54) is 17.6 Å². The van der Waals surface area contributed by atoms with E-state index in [1.54, 1.807) is 63.2 Å². The summed E-state index contributed by atoms with van der Waals surface area (Å²) in [5.41, 5.74) is 0.627. The van der Waals surface area contributed by atoms with Gasteiger partial charge in [-0.1, -0.05) is 23.7 Å². The zero-order chi connectivity index (χ0) is 24.2. The summed E-state index contributed by atoms with van der Waals surface area (Å²) in [7, 11) is 0. The van der Waals surface area contributed by atoms with E-state index in [-0.39, 0.29) is 18.0 Å². The number of amides is 2. The first-order chi connectivity index (χ1) is 15.5. The van der Waals surface area contributed by atoms with Gasteiger partial charge in [-0.05, 0) is 62.2 Å². The van der Waals surface area contributed by atoms with E-state index in [0.717, 1.165) is 5.56 Å². The van der Waals surface area contributed by atoms with Crippen LogP contribution in [-0.2, 0) is 16.0 Å². The van der Waals surface area contributed by atoms with Crippen LogP contribution >= 0.6 is 22.9 Å². The average molecular weight is 488 g/mol. The van der Waals surface area contributed by atoms with E-state index in [2.05, 4.69) is 10.6 Å². The Morgan fingerprint density at radius 2 is 1.82 bits per heavy atom. The number of hydrogen-bond acceptors (Lipinski definition) is 7. The van der Waals surface area contributed by atoms with E-state index in [9.17, 15) is 14.4 Å². The highest BCUT2D eigenvalue weighted by Crippen LogP contribution is 2.35. The third-order valence-corrected chi connectivity index (χ3v) is 5.60. The van der Waals surface area contributed by atoms with Crippen molar-refractivity contribution in [1.29, 1.82) is 5.41 Å². The van der Waals surface area contributed by atoms with Crippen LogP contribution in [0.25, 0.3) is 10.4 Å². The monoisotopic (exact) mass is 487 g/mol. The number of hydrogen-bond donors (Lipinski definition) is 3. The molecule has 0 saturated carbocycles. The summed E-state index contributed by atoms with van der Waals surface area (Å²) in [6.45, 7) is 5.06. The largest absolute Gasteiger partial charge is 0.461 e. The molecule has 33 heavy (non-hydrogen) atoms. The number of carbonyl (C=O) groups excluding carboxylic acids is 3. The van der Waals surface area contributed by atoms with E-state index < -0.39 is 23.6 Å². The van der Waals surface area contributed by atoms with Crippen LogP contribution in [0.3, 0.4) is 0 Å². The molecule has 0 aliphatic carbocycles. The lowest BCUT2D eigenvalue weighted by Crippen LogP contribution is -2.45. The number of ether oxygens (including phenoxy) is 1. The van der Waals surface area contributed by atoms with Gasteiger partial charge in [0, 0.05) is 9.90 Å². The Morgan fingerprint density at radius 3 is 2.42 bits per heavy atom. The number of nitrogens with one attached hydrogen (secondary N) is 3. The van der Waals surface area contributed by atoms with Crippen LogP contribution < -0.4 is 10.6 Å². The Labute approximate surface area is 199 Å². The molecular formula is C23H22ClN3O5S. The zero-order valence-electron chi connectivity index (χ0n) is 18.2. The molecule has 3 N–H and O–H groups in total. The molecule has 0 unspecified atom stereocenters. The Balaban J connectivity index is 1.78. The number of guanidine groups is 1. The van der Waals surface area contributed by atoms with Gasteiger partial charge in [0.05, 0.1) is 17.6 Å². The number of alkyl carbamates (subject to hydrolysis) is 1. The first-order valence-electron chi connectivity index (χ1n) is 9.87. The van der Waals surface area contributed by atoms with Gasteiger partial charge in [0.25, 0.3) is 0 Å². The highest BCUT2D eigenvalue weighted by Gasteiger charge is 2.22. The maximum atomic E-state index is 12.8. The predicted molar refractivity (Wildman–Crippen MR) is 126 cm³/mol. The van der Waals surface area contributed by atoms with Gasteiger partial charge in [-0.25, -0.2) is 4.79 Å². The van der Waals surface area contributed by atoms with Crippen molar-refractivity contribution in [3.05, 3.63) is 70.0 Å². The molecule has 0 saturated heterocycles. The molecule has 0 aliphatic rings. The lowest BCUT2D eigenvalue weighted by atomic mass is 10.1. The second-order valence-corrected chi connectivity index (χ2v) is 9.49. The van der Waals surface area contributed by atoms with Crippen molar-refractivity contribution in [3.63, 3.8) is 0 Å². The first-order valence-corrected chi connectivity index (χ1v) is 11.1. The van der Waals surface area contributed by atoms with Gasteiger partial charge >= 0.3 is 6.09 Å². The van der Waals surface area contributed by atoms with Crippen molar-refractivity contribution >= 4 is 46.7 Å². The molecule has 2 amide bonds. The molecule has 2 heterocycles. The van der Waals surface area contributed by atoms with Crippen LogP contribution in [0, 0.1) is 5.41 Å². The minimum Gasteiger partial charge on any atom is -0.461 e. The molecule has 0 atom stereocenters. The number of halogens is 1. The molecule has 1 aromatic carbocycles. The maximum Gasteiger partial charge on any atom is 0.414 e. The van der Waals surface area contributed by atoms with Crippen LogP contribution in [0.15, 0.2) is 53.1 Å². The molecule has 0 aliphatic heterocycles. The summed E-state index contributed by atoms with van der Waals surface area (Å²) < 4.78 is 10.3. The van der Waals surface area contributed by atoms with Crippen molar-refractivity contribution in [1.82, 2.24) is 10.6 Å². The molecule has 0 radical (unpaired) electrons. The molecule has 3 rings (SSSR count). The molecule has 0 fully saturated rings. The third kappa shape index (κ3) is 6.77. The van der Waals surface area contributed by atoms with Crippen LogP contribution in [0.4, 0.5) is 4.79 Å². The van der Waals surface area contributed by atoms with Crippen molar-refractivity contribution in [2.45, 2.75) is 32.8 Å². The second-order valence-electron chi connectivity index (χ2n) is 8.01. The summed E-state index contributed by atoms with van der Waals surface area (Å²) in [5.74, 6) is -1.16. The number of furan rings is 1. The van der Waals surface area contributed by atoms with Gasteiger partial charge in [-0.2, -0.15) is 0 Å². The second kappa shape index (κ2) is 10.0. The molecule has 8 nitrogen and oxygen atoms in total. The number of carbonyl (C=O) groups is 3. The van der Waals surface area contributed by atoms with Crippen molar-refractivity contribution in [2.24, 2.45) is 0 Å². The predicted octanol–water partition coefficient (Wildman–Crippen LogP) is 5.01. The normalized spacial score (nSPS) is 11.0. The topological polar surface area (TPSA) is 121 Å². The minimum absolute atomic E-state index is 0.127. The molecule has 172 valence electrons. The SMILES string of the molecule is CC(C)(C)OC(=O)NC(=N)NC(=O)Cc1cc(C(=O)c2ccco2)sc1-c1ccc(Cl)cc1. The smallest absolute Gasteiger partial charge is 0.414 e. The lowest BCUT2D eigenvalue weighted by molar-refractivity contribution is -0.119. The van der Waals surface area contributed by atoms with Gasteiger partial charge in [0.15, 0.2) is 5.76 Å². The Bertz CT molecular complexity index is 1180. The minimum atomic E-state index is -0.850. The fraction of sp³-hybridized carbons (Fsp3) is 0.217. The van der Waals surface area contributed by atoms with Crippen LogP contribution in [-0.4, -0.2) is 29.3 Å². The van der Waals surface area contributed by atoms with Gasteiger partial charge < -0.3 is 9.15 Å². The average Bonchev–Trinajstić information content (AvgIpc) is 3.36. The Hall–Kier alpha value is -3.43.